The first-order valence-electron chi connectivity index (χ1n) is 6.47. The Kier molecular flexibility index (Phi) is 3.79. The minimum atomic E-state index is -0.542. The van der Waals surface area contributed by atoms with Crippen LogP contribution in [0, 0.1) is 6.92 Å². The number of ether oxygens (including phenoxy) is 1. The van der Waals surface area contributed by atoms with Crippen molar-refractivity contribution in [2.45, 2.75) is 19.3 Å². The quantitative estimate of drug-likeness (QED) is 0.711. The van der Waals surface area contributed by atoms with Crippen LogP contribution < -0.4 is 5.56 Å². The SMILES string of the molecule is COC(=O)CC(c1c(C)[nH][nH]c1=O)c1c(Cl)nc2sccn12. The average molecular weight is 341 g/mol. The molecule has 0 aliphatic carbocycles. The number of rotatable bonds is 4. The second kappa shape index (κ2) is 5.62. The van der Waals surface area contributed by atoms with Gasteiger partial charge in [-0.1, -0.05) is 11.6 Å². The first kappa shape index (κ1) is 14.9. The Balaban J connectivity index is 2.21. The molecule has 3 aromatic rings. The van der Waals surface area contributed by atoms with Crippen molar-refractivity contribution < 1.29 is 9.53 Å². The van der Waals surface area contributed by atoms with Gasteiger partial charge in [-0.15, -0.1) is 11.3 Å². The van der Waals surface area contributed by atoms with Gasteiger partial charge in [0.2, 0.25) is 0 Å². The van der Waals surface area contributed by atoms with Crippen LogP contribution in [0.25, 0.3) is 4.96 Å². The summed E-state index contributed by atoms with van der Waals surface area (Å²) in [6.07, 6.45) is 1.82. The van der Waals surface area contributed by atoms with Crippen molar-refractivity contribution in [3.05, 3.63) is 44.0 Å². The second-order valence-electron chi connectivity index (χ2n) is 4.79. The molecule has 116 valence electrons. The third kappa shape index (κ3) is 2.34. The Bertz CT molecular complexity index is 891. The summed E-state index contributed by atoms with van der Waals surface area (Å²) >= 11 is 7.68. The van der Waals surface area contributed by atoms with Gasteiger partial charge < -0.3 is 9.84 Å². The van der Waals surface area contributed by atoms with Crippen LogP contribution in [0.5, 0.6) is 0 Å². The number of methoxy groups -OCH3 is 1. The molecule has 3 heterocycles. The highest BCUT2D eigenvalue weighted by molar-refractivity contribution is 7.15. The van der Waals surface area contributed by atoms with Crippen LogP contribution in [0.2, 0.25) is 5.15 Å². The van der Waals surface area contributed by atoms with Gasteiger partial charge in [0.15, 0.2) is 10.1 Å². The number of aromatic nitrogens is 4. The molecule has 3 rings (SSSR count). The molecule has 3 aromatic heterocycles. The fourth-order valence-corrected chi connectivity index (χ4v) is 3.62. The lowest BCUT2D eigenvalue weighted by Crippen LogP contribution is -2.18. The number of carbonyl (C=O) groups is 1. The number of H-pyrrole nitrogens is 2. The van der Waals surface area contributed by atoms with E-state index in [-0.39, 0.29) is 17.1 Å². The standard InChI is InChI=1S/C13H13ClN4O3S/c1-6-9(12(20)17-16-6)7(5-8(19)21-2)10-11(14)15-13-18(10)3-4-22-13/h3-4,7H,5H2,1-2H3,(H2,16,17,20). The number of nitrogens with zero attached hydrogens (tertiary/aromatic N) is 2. The molecule has 1 atom stereocenters. The molecule has 9 heteroatoms. The summed E-state index contributed by atoms with van der Waals surface area (Å²) in [5, 5.41) is 7.45. The maximum atomic E-state index is 12.1. The van der Waals surface area contributed by atoms with E-state index in [1.54, 1.807) is 11.3 Å². The van der Waals surface area contributed by atoms with Crippen molar-refractivity contribution in [3.8, 4) is 0 Å². The minimum Gasteiger partial charge on any atom is -0.469 e. The highest BCUT2D eigenvalue weighted by Gasteiger charge is 2.30. The van der Waals surface area contributed by atoms with Gasteiger partial charge >= 0.3 is 5.97 Å². The smallest absolute Gasteiger partial charge is 0.306 e. The molecule has 0 fully saturated rings. The van der Waals surface area contributed by atoms with E-state index < -0.39 is 11.9 Å². The third-order valence-electron chi connectivity index (χ3n) is 3.54. The number of nitrogens with one attached hydrogen (secondary N) is 2. The Labute approximate surface area is 133 Å². The Hall–Kier alpha value is -2.06. The van der Waals surface area contributed by atoms with E-state index in [2.05, 4.69) is 15.2 Å². The molecule has 0 aliphatic heterocycles. The van der Waals surface area contributed by atoms with Crippen molar-refractivity contribution in [2.24, 2.45) is 0 Å². The van der Waals surface area contributed by atoms with Gasteiger partial charge in [0, 0.05) is 28.8 Å². The molecular formula is C13H13ClN4O3S. The predicted molar refractivity (Wildman–Crippen MR) is 82.7 cm³/mol. The molecule has 0 saturated heterocycles. The zero-order chi connectivity index (χ0) is 15.9. The molecule has 7 nitrogen and oxygen atoms in total. The van der Waals surface area contributed by atoms with Crippen LogP contribution in [0.3, 0.4) is 0 Å². The summed E-state index contributed by atoms with van der Waals surface area (Å²) in [4.78, 5) is 28.9. The molecule has 0 aromatic carbocycles. The molecule has 0 saturated carbocycles. The molecular weight excluding hydrogens is 328 g/mol. The molecule has 0 aliphatic rings. The van der Waals surface area contributed by atoms with E-state index in [9.17, 15) is 9.59 Å². The van der Waals surface area contributed by atoms with Gasteiger partial charge in [0.05, 0.1) is 19.2 Å². The fraction of sp³-hybridized carbons (Fsp3) is 0.308. The van der Waals surface area contributed by atoms with E-state index in [1.807, 2.05) is 11.6 Å². The molecule has 0 amide bonds. The van der Waals surface area contributed by atoms with Crippen molar-refractivity contribution >= 4 is 33.9 Å². The Morgan fingerprint density at radius 2 is 2.32 bits per heavy atom. The summed E-state index contributed by atoms with van der Waals surface area (Å²) in [6, 6.07) is 0. The van der Waals surface area contributed by atoms with Gasteiger partial charge in [-0.3, -0.25) is 19.1 Å². The lowest BCUT2D eigenvalue weighted by atomic mass is 9.93. The number of aryl methyl sites for hydroxylation is 1. The summed E-state index contributed by atoms with van der Waals surface area (Å²) in [5.41, 5.74) is 1.43. The monoisotopic (exact) mass is 340 g/mol. The minimum absolute atomic E-state index is 0.00162. The third-order valence-corrected chi connectivity index (χ3v) is 4.58. The van der Waals surface area contributed by atoms with Crippen LogP contribution in [0.1, 0.15) is 29.3 Å². The maximum Gasteiger partial charge on any atom is 0.306 e. The normalized spacial score (nSPS) is 12.7. The molecule has 1 unspecified atom stereocenters. The summed E-state index contributed by atoms with van der Waals surface area (Å²) in [6.45, 7) is 1.76. The lowest BCUT2D eigenvalue weighted by molar-refractivity contribution is -0.140. The Morgan fingerprint density at radius 3 is 2.95 bits per heavy atom. The first-order chi connectivity index (χ1) is 10.5. The summed E-state index contributed by atoms with van der Waals surface area (Å²) in [7, 11) is 1.31. The van der Waals surface area contributed by atoms with Gasteiger partial charge in [-0.05, 0) is 6.92 Å². The number of thiazole rings is 1. The maximum absolute atomic E-state index is 12.1. The number of carbonyl (C=O) groups excluding carboxylic acids is 1. The van der Waals surface area contributed by atoms with Crippen LogP contribution in [0.15, 0.2) is 16.4 Å². The zero-order valence-corrected chi connectivity index (χ0v) is 13.4. The van der Waals surface area contributed by atoms with Crippen molar-refractivity contribution in [1.29, 1.82) is 0 Å². The highest BCUT2D eigenvalue weighted by Crippen LogP contribution is 2.34. The van der Waals surface area contributed by atoms with E-state index >= 15 is 0 Å². The summed E-state index contributed by atoms with van der Waals surface area (Å²) < 4.78 is 6.56. The fourth-order valence-electron chi connectivity index (χ4n) is 2.55. The topological polar surface area (TPSA) is 92.2 Å². The van der Waals surface area contributed by atoms with Gasteiger partial charge in [0.1, 0.15) is 0 Å². The van der Waals surface area contributed by atoms with Crippen LogP contribution in [0.4, 0.5) is 0 Å². The second-order valence-corrected chi connectivity index (χ2v) is 6.03. The molecule has 22 heavy (non-hydrogen) atoms. The first-order valence-corrected chi connectivity index (χ1v) is 7.73. The van der Waals surface area contributed by atoms with Crippen LogP contribution >= 0.6 is 22.9 Å². The van der Waals surface area contributed by atoms with E-state index in [0.29, 0.717) is 21.9 Å². The largest absolute Gasteiger partial charge is 0.469 e. The molecule has 0 bridgehead atoms. The lowest BCUT2D eigenvalue weighted by Gasteiger charge is -2.14. The van der Waals surface area contributed by atoms with Crippen molar-refractivity contribution in [3.63, 3.8) is 0 Å². The Morgan fingerprint density at radius 1 is 1.55 bits per heavy atom. The van der Waals surface area contributed by atoms with Crippen molar-refractivity contribution in [1.82, 2.24) is 19.6 Å². The van der Waals surface area contributed by atoms with E-state index in [1.165, 1.54) is 18.4 Å². The van der Waals surface area contributed by atoms with Crippen LogP contribution in [-0.2, 0) is 9.53 Å². The number of imidazole rings is 1. The highest BCUT2D eigenvalue weighted by atomic mass is 35.5. The van der Waals surface area contributed by atoms with E-state index in [0.717, 1.165) is 0 Å². The van der Waals surface area contributed by atoms with Crippen LogP contribution in [-0.4, -0.2) is 32.7 Å². The number of hydrogen-bond acceptors (Lipinski definition) is 5. The number of aromatic amines is 2. The molecule has 0 radical (unpaired) electrons. The van der Waals surface area contributed by atoms with Gasteiger partial charge in [0.25, 0.3) is 5.56 Å². The average Bonchev–Trinajstić information content (AvgIpc) is 3.12. The number of esters is 1. The zero-order valence-electron chi connectivity index (χ0n) is 11.8. The molecule has 0 spiro atoms. The van der Waals surface area contributed by atoms with E-state index in [4.69, 9.17) is 16.3 Å². The molecule has 2 N–H and O–H groups in total. The summed E-state index contributed by atoms with van der Waals surface area (Å²) in [5.74, 6) is -0.967. The number of hydrogen-bond donors (Lipinski definition) is 2. The number of halogens is 1. The number of fused-ring (bicyclic) bond motifs is 1. The van der Waals surface area contributed by atoms with Gasteiger partial charge in [-0.25, -0.2) is 4.98 Å². The van der Waals surface area contributed by atoms with Crippen molar-refractivity contribution in [2.75, 3.05) is 7.11 Å². The van der Waals surface area contributed by atoms with Gasteiger partial charge in [-0.2, -0.15) is 0 Å². The predicted octanol–water partition coefficient (Wildman–Crippen LogP) is 2.07.